The van der Waals surface area contributed by atoms with Crippen molar-refractivity contribution in [2.75, 3.05) is 44.0 Å². The molecule has 0 aliphatic carbocycles. The lowest BCUT2D eigenvalue weighted by Crippen LogP contribution is -2.42. The van der Waals surface area contributed by atoms with Gasteiger partial charge in [-0.3, -0.25) is 4.79 Å². The first-order valence-electron chi connectivity index (χ1n) is 12.2. The summed E-state index contributed by atoms with van der Waals surface area (Å²) in [6.45, 7) is 6.44. The Balaban J connectivity index is 1.39. The molecule has 1 aliphatic rings. The highest BCUT2D eigenvalue weighted by atomic mass is 35.5. The van der Waals surface area contributed by atoms with Crippen molar-refractivity contribution in [2.45, 2.75) is 45.6 Å². The topological polar surface area (TPSA) is 70.6 Å². The van der Waals surface area contributed by atoms with Gasteiger partial charge in [-0.1, -0.05) is 17.7 Å². The van der Waals surface area contributed by atoms with Crippen LogP contribution in [0.3, 0.4) is 0 Å². The molecule has 0 radical (unpaired) electrons. The Morgan fingerprint density at radius 2 is 1.94 bits per heavy atom. The van der Waals surface area contributed by atoms with Crippen LogP contribution in [0.5, 0.6) is 5.75 Å². The summed E-state index contributed by atoms with van der Waals surface area (Å²) in [6.07, 6.45) is 3.12. The van der Waals surface area contributed by atoms with Gasteiger partial charge in [-0.2, -0.15) is 0 Å². The second kappa shape index (κ2) is 11.2. The molecule has 186 valence electrons. The standard InChI is InChI=1S/C27H34ClN5O2/c1-5-35-22-9-6-19(24(28)17-22)7-11-26(34)30-20-8-10-25-23(16-20)18(2)29-27(31-25)33-14-12-21(13-15-33)32(3)4/h6,8-10,16-17,21H,5,7,11-15H2,1-4H3,(H,30,34). The van der Waals surface area contributed by atoms with Crippen LogP contribution in [-0.4, -0.2) is 60.6 Å². The van der Waals surface area contributed by atoms with Crippen molar-refractivity contribution < 1.29 is 9.53 Å². The number of piperidine rings is 1. The van der Waals surface area contributed by atoms with Crippen molar-refractivity contribution in [3.63, 3.8) is 0 Å². The van der Waals surface area contributed by atoms with Gasteiger partial charge in [0, 0.05) is 41.6 Å². The molecular formula is C27H34ClN5O2. The number of amides is 1. The number of nitrogens with one attached hydrogen (secondary N) is 1. The van der Waals surface area contributed by atoms with Crippen LogP contribution in [0.15, 0.2) is 36.4 Å². The largest absolute Gasteiger partial charge is 0.494 e. The van der Waals surface area contributed by atoms with E-state index in [4.69, 9.17) is 26.3 Å². The number of aryl methyl sites for hydroxylation is 2. The van der Waals surface area contributed by atoms with Gasteiger partial charge in [0.25, 0.3) is 0 Å². The molecule has 0 saturated carbocycles. The Hall–Kier alpha value is -2.90. The summed E-state index contributed by atoms with van der Waals surface area (Å²) in [5.74, 6) is 1.46. The molecule has 8 heteroatoms. The zero-order valence-electron chi connectivity index (χ0n) is 21.0. The molecule has 35 heavy (non-hydrogen) atoms. The maximum absolute atomic E-state index is 12.6. The van der Waals surface area contributed by atoms with Gasteiger partial charge in [-0.15, -0.1) is 0 Å². The number of halogens is 1. The number of ether oxygens (including phenoxy) is 1. The summed E-state index contributed by atoms with van der Waals surface area (Å²) in [5.41, 5.74) is 3.47. The molecule has 3 aromatic rings. The average molecular weight is 496 g/mol. The van der Waals surface area contributed by atoms with Gasteiger partial charge < -0.3 is 19.9 Å². The number of carbonyl (C=O) groups excluding carboxylic acids is 1. The number of anilines is 2. The van der Waals surface area contributed by atoms with Crippen LogP contribution in [0.25, 0.3) is 10.9 Å². The van der Waals surface area contributed by atoms with E-state index in [9.17, 15) is 4.79 Å². The van der Waals surface area contributed by atoms with E-state index >= 15 is 0 Å². The van der Waals surface area contributed by atoms with Crippen LogP contribution >= 0.6 is 11.6 Å². The lowest BCUT2D eigenvalue weighted by molar-refractivity contribution is -0.116. The van der Waals surface area contributed by atoms with Crippen molar-refractivity contribution >= 4 is 40.0 Å². The van der Waals surface area contributed by atoms with Gasteiger partial charge in [0.05, 0.1) is 17.8 Å². The molecule has 1 aromatic heterocycles. The number of hydrogen-bond acceptors (Lipinski definition) is 6. The molecule has 2 heterocycles. The minimum absolute atomic E-state index is 0.0618. The third kappa shape index (κ3) is 6.21. The number of carbonyl (C=O) groups is 1. The molecule has 0 spiro atoms. The van der Waals surface area contributed by atoms with Gasteiger partial charge in [0.2, 0.25) is 11.9 Å². The molecule has 1 fully saturated rings. The first-order valence-corrected chi connectivity index (χ1v) is 12.6. The highest BCUT2D eigenvalue weighted by molar-refractivity contribution is 6.31. The monoisotopic (exact) mass is 495 g/mol. The van der Waals surface area contributed by atoms with Gasteiger partial charge in [0.1, 0.15) is 5.75 Å². The molecule has 1 aliphatic heterocycles. The highest BCUT2D eigenvalue weighted by Crippen LogP contribution is 2.26. The second-order valence-corrected chi connectivity index (χ2v) is 9.66. The molecule has 1 saturated heterocycles. The normalized spacial score (nSPS) is 14.5. The molecule has 2 aromatic carbocycles. The molecule has 4 rings (SSSR count). The van der Waals surface area contributed by atoms with E-state index in [0.29, 0.717) is 30.5 Å². The van der Waals surface area contributed by atoms with Gasteiger partial charge >= 0.3 is 0 Å². The summed E-state index contributed by atoms with van der Waals surface area (Å²) >= 11 is 6.35. The summed E-state index contributed by atoms with van der Waals surface area (Å²) in [7, 11) is 4.28. The Labute approximate surface area is 212 Å². The third-order valence-corrected chi connectivity index (χ3v) is 6.94. The molecule has 1 amide bonds. The lowest BCUT2D eigenvalue weighted by Gasteiger charge is -2.35. The summed E-state index contributed by atoms with van der Waals surface area (Å²) < 4.78 is 5.47. The molecule has 7 nitrogen and oxygen atoms in total. The summed E-state index contributed by atoms with van der Waals surface area (Å²) in [5, 5.41) is 4.56. The maximum atomic E-state index is 12.6. The second-order valence-electron chi connectivity index (χ2n) is 9.26. The number of benzene rings is 2. The van der Waals surface area contributed by atoms with Crippen LogP contribution < -0.4 is 15.0 Å². The van der Waals surface area contributed by atoms with E-state index in [-0.39, 0.29) is 5.91 Å². The van der Waals surface area contributed by atoms with E-state index in [0.717, 1.165) is 65.5 Å². The number of fused-ring (bicyclic) bond motifs is 1. The van der Waals surface area contributed by atoms with E-state index in [1.807, 2.05) is 44.2 Å². The van der Waals surface area contributed by atoms with Crippen LogP contribution in [0, 0.1) is 6.92 Å². The van der Waals surface area contributed by atoms with E-state index in [1.54, 1.807) is 6.07 Å². The SMILES string of the molecule is CCOc1ccc(CCC(=O)Nc2ccc3nc(N4CCC(N(C)C)CC4)nc(C)c3c2)c(Cl)c1. The van der Waals surface area contributed by atoms with Gasteiger partial charge in [0.15, 0.2) is 0 Å². The Morgan fingerprint density at radius 1 is 1.17 bits per heavy atom. The van der Waals surface area contributed by atoms with Crippen molar-refractivity contribution in [3.05, 3.63) is 52.7 Å². The molecule has 0 atom stereocenters. The molecular weight excluding hydrogens is 462 g/mol. The summed E-state index contributed by atoms with van der Waals surface area (Å²) in [6, 6.07) is 12.0. The molecule has 1 N–H and O–H groups in total. The van der Waals surface area contributed by atoms with E-state index in [2.05, 4.69) is 29.2 Å². The predicted molar refractivity (Wildman–Crippen MR) is 143 cm³/mol. The van der Waals surface area contributed by atoms with Crippen LogP contribution in [0.4, 0.5) is 11.6 Å². The zero-order chi connectivity index (χ0) is 24.9. The minimum Gasteiger partial charge on any atom is -0.494 e. The number of rotatable bonds is 8. The Bertz CT molecular complexity index is 1190. The summed E-state index contributed by atoms with van der Waals surface area (Å²) in [4.78, 5) is 26.8. The Kier molecular flexibility index (Phi) is 8.08. The van der Waals surface area contributed by atoms with Crippen molar-refractivity contribution in [3.8, 4) is 5.75 Å². The van der Waals surface area contributed by atoms with Crippen molar-refractivity contribution in [1.29, 1.82) is 0 Å². The fraction of sp³-hybridized carbons (Fsp3) is 0.444. The Morgan fingerprint density at radius 3 is 2.63 bits per heavy atom. The van der Waals surface area contributed by atoms with Crippen LogP contribution in [0.2, 0.25) is 5.02 Å². The van der Waals surface area contributed by atoms with Crippen LogP contribution in [-0.2, 0) is 11.2 Å². The quantitative estimate of drug-likeness (QED) is 0.469. The smallest absolute Gasteiger partial charge is 0.226 e. The number of nitrogens with zero attached hydrogens (tertiary/aromatic N) is 4. The maximum Gasteiger partial charge on any atom is 0.226 e. The fourth-order valence-electron chi connectivity index (χ4n) is 4.53. The minimum atomic E-state index is -0.0618. The van der Waals surface area contributed by atoms with Gasteiger partial charge in [-0.05, 0) is 83.1 Å². The lowest BCUT2D eigenvalue weighted by atomic mass is 10.0. The zero-order valence-corrected chi connectivity index (χ0v) is 21.7. The molecule has 0 bridgehead atoms. The third-order valence-electron chi connectivity index (χ3n) is 6.59. The van der Waals surface area contributed by atoms with Crippen LogP contribution in [0.1, 0.15) is 37.4 Å². The van der Waals surface area contributed by atoms with Gasteiger partial charge in [-0.25, -0.2) is 9.97 Å². The predicted octanol–water partition coefficient (Wildman–Crippen LogP) is 5.09. The number of hydrogen-bond donors (Lipinski definition) is 1. The first kappa shape index (κ1) is 25.2. The first-order chi connectivity index (χ1) is 16.8. The molecule has 0 unspecified atom stereocenters. The average Bonchev–Trinajstić information content (AvgIpc) is 2.84. The van der Waals surface area contributed by atoms with E-state index < -0.39 is 0 Å². The van der Waals surface area contributed by atoms with Crippen molar-refractivity contribution in [2.24, 2.45) is 0 Å². The van der Waals surface area contributed by atoms with Crippen molar-refractivity contribution in [1.82, 2.24) is 14.9 Å². The number of aromatic nitrogens is 2. The highest BCUT2D eigenvalue weighted by Gasteiger charge is 2.23. The van der Waals surface area contributed by atoms with E-state index in [1.165, 1.54) is 0 Å². The fourth-order valence-corrected chi connectivity index (χ4v) is 4.79.